The van der Waals surface area contributed by atoms with Gasteiger partial charge in [0.05, 0.1) is 6.07 Å². The number of hydrogen-bond donors (Lipinski definition) is 2. The lowest BCUT2D eigenvalue weighted by Gasteiger charge is -2.06. The first-order valence-electron chi connectivity index (χ1n) is 4.71. The number of benzene rings is 1. The molecule has 0 atom stereocenters. The second-order valence-electron chi connectivity index (χ2n) is 3.23. The highest BCUT2D eigenvalue weighted by molar-refractivity contribution is 5.39. The van der Waals surface area contributed by atoms with Crippen molar-refractivity contribution in [1.82, 2.24) is 4.98 Å². The van der Waals surface area contributed by atoms with Crippen LogP contribution in [-0.2, 0) is 6.61 Å². The fraction of sp³-hybridized carbons (Fsp3) is 0.0833. The van der Waals surface area contributed by atoms with Gasteiger partial charge in [0.1, 0.15) is 23.9 Å². The number of pyridine rings is 1. The minimum absolute atomic E-state index is 0.0546. The van der Waals surface area contributed by atoms with E-state index in [1.54, 1.807) is 12.4 Å². The van der Waals surface area contributed by atoms with E-state index in [4.69, 9.17) is 4.74 Å². The second kappa shape index (κ2) is 4.53. The highest BCUT2D eigenvalue weighted by Gasteiger charge is 2.01. The molecule has 0 amide bonds. The molecule has 0 unspecified atom stereocenters. The van der Waals surface area contributed by atoms with Crippen LogP contribution < -0.4 is 4.74 Å². The smallest absolute Gasteiger partial charge is 0.135 e. The van der Waals surface area contributed by atoms with Crippen LogP contribution in [0.1, 0.15) is 5.56 Å². The summed E-state index contributed by atoms with van der Waals surface area (Å²) in [5.41, 5.74) is 0.950. The average Bonchev–Trinajstić information content (AvgIpc) is 2.27. The van der Waals surface area contributed by atoms with E-state index >= 15 is 0 Å². The predicted molar refractivity (Wildman–Crippen MR) is 57.2 cm³/mol. The summed E-state index contributed by atoms with van der Waals surface area (Å²) in [6, 6.07) is 8.80. The molecule has 16 heavy (non-hydrogen) atoms. The minimum atomic E-state index is -0.148. The Morgan fingerprint density at radius 2 is 1.94 bits per heavy atom. The van der Waals surface area contributed by atoms with Crippen molar-refractivity contribution in [2.24, 2.45) is 0 Å². The van der Waals surface area contributed by atoms with Crippen molar-refractivity contribution in [2.75, 3.05) is 0 Å². The second-order valence-corrected chi connectivity index (χ2v) is 3.23. The van der Waals surface area contributed by atoms with E-state index in [9.17, 15) is 10.2 Å². The van der Waals surface area contributed by atoms with Crippen molar-refractivity contribution in [2.45, 2.75) is 6.61 Å². The van der Waals surface area contributed by atoms with Crippen LogP contribution in [0, 0.1) is 6.07 Å². The Bertz CT molecular complexity index is 451. The number of aromatic hydroxyl groups is 2. The summed E-state index contributed by atoms with van der Waals surface area (Å²) in [5.74, 6) is 0.0972. The van der Waals surface area contributed by atoms with Gasteiger partial charge in [0.25, 0.3) is 0 Å². The van der Waals surface area contributed by atoms with E-state index in [1.807, 2.05) is 12.1 Å². The highest BCUT2D eigenvalue weighted by Crippen LogP contribution is 2.25. The molecule has 0 bridgehead atoms. The van der Waals surface area contributed by atoms with E-state index in [0.29, 0.717) is 12.4 Å². The van der Waals surface area contributed by atoms with Gasteiger partial charge >= 0.3 is 0 Å². The Balaban J connectivity index is 2.05. The zero-order chi connectivity index (χ0) is 11.4. The molecule has 0 fully saturated rings. The van der Waals surface area contributed by atoms with Gasteiger partial charge in [-0.05, 0) is 17.7 Å². The SMILES string of the molecule is Oc1[c]c(OCc2ccncc2)cc(O)c1. The van der Waals surface area contributed by atoms with Gasteiger partial charge in [-0.25, -0.2) is 0 Å². The minimum Gasteiger partial charge on any atom is -0.508 e. The molecular weight excluding hydrogens is 206 g/mol. The van der Waals surface area contributed by atoms with Gasteiger partial charge in [0.15, 0.2) is 0 Å². The standard InChI is InChI=1S/C12H10NO3/c14-10-5-11(15)7-12(6-10)16-8-9-1-3-13-4-2-9/h1-6,14-15H,8H2. The first kappa shape index (κ1) is 10.3. The molecule has 0 aliphatic carbocycles. The molecule has 0 aliphatic rings. The Kier molecular flexibility index (Phi) is 2.91. The Morgan fingerprint density at radius 3 is 2.62 bits per heavy atom. The number of rotatable bonds is 3. The Hall–Kier alpha value is -2.23. The number of phenolic OH excluding ortho intramolecular Hbond substituents is 2. The summed E-state index contributed by atoms with van der Waals surface area (Å²) in [5, 5.41) is 18.4. The monoisotopic (exact) mass is 216 g/mol. The molecule has 4 heteroatoms. The van der Waals surface area contributed by atoms with Crippen molar-refractivity contribution in [3.05, 3.63) is 48.3 Å². The number of hydrogen-bond acceptors (Lipinski definition) is 4. The number of ether oxygens (including phenoxy) is 1. The molecular formula is C12H10NO3. The van der Waals surface area contributed by atoms with E-state index in [0.717, 1.165) is 5.56 Å². The maximum atomic E-state index is 9.22. The van der Waals surface area contributed by atoms with Crippen molar-refractivity contribution in [3.63, 3.8) is 0 Å². The Morgan fingerprint density at radius 1 is 1.19 bits per heavy atom. The average molecular weight is 216 g/mol. The lowest BCUT2D eigenvalue weighted by Crippen LogP contribution is -1.95. The number of nitrogens with zero attached hydrogens (tertiary/aromatic N) is 1. The number of phenols is 2. The van der Waals surface area contributed by atoms with Gasteiger partial charge in [0, 0.05) is 24.5 Å². The molecule has 0 saturated carbocycles. The molecule has 4 nitrogen and oxygen atoms in total. The van der Waals surface area contributed by atoms with Gasteiger partial charge in [-0.2, -0.15) is 0 Å². The predicted octanol–water partition coefficient (Wildman–Crippen LogP) is 1.87. The van der Waals surface area contributed by atoms with Crippen molar-refractivity contribution in [1.29, 1.82) is 0 Å². The molecule has 2 rings (SSSR count). The molecule has 0 spiro atoms. The van der Waals surface area contributed by atoms with E-state index < -0.39 is 0 Å². The van der Waals surface area contributed by atoms with Crippen molar-refractivity contribution < 1.29 is 14.9 Å². The van der Waals surface area contributed by atoms with Crippen LogP contribution in [0.25, 0.3) is 0 Å². The molecule has 1 aromatic carbocycles. The molecule has 0 saturated heterocycles. The van der Waals surface area contributed by atoms with E-state index in [2.05, 4.69) is 11.1 Å². The molecule has 81 valence electrons. The van der Waals surface area contributed by atoms with Gasteiger partial charge in [-0.15, -0.1) is 0 Å². The first-order valence-corrected chi connectivity index (χ1v) is 4.71. The Labute approximate surface area is 92.8 Å². The fourth-order valence-electron chi connectivity index (χ4n) is 1.23. The van der Waals surface area contributed by atoms with Gasteiger partial charge in [-0.1, -0.05) is 0 Å². The zero-order valence-electron chi connectivity index (χ0n) is 8.42. The van der Waals surface area contributed by atoms with Crippen molar-refractivity contribution in [3.8, 4) is 17.2 Å². The third-order valence-corrected chi connectivity index (χ3v) is 1.96. The van der Waals surface area contributed by atoms with Gasteiger partial charge in [-0.3, -0.25) is 4.98 Å². The zero-order valence-corrected chi connectivity index (χ0v) is 8.42. The van der Waals surface area contributed by atoms with Crippen LogP contribution in [-0.4, -0.2) is 15.2 Å². The van der Waals surface area contributed by atoms with Crippen LogP contribution in [0.3, 0.4) is 0 Å². The molecule has 2 aromatic rings. The number of aromatic nitrogens is 1. The van der Waals surface area contributed by atoms with E-state index in [1.165, 1.54) is 12.1 Å². The summed E-state index contributed by atoms with van der Waals surface area (Å²) >= 11 is 0. The summed E-state index contributed by atoms with van der Waals surface area (Å²) in [4.78, 5) is 3.89. The van der Waals surface area contributed by atoms with Crippen molar-refractivity contribution >= 4 is 0 Å². The summed E-state index contributed by atoms with van der Waals surface area (Å²) < 4.78 is 5.35. The first-order chi connectivity index (χ1) is 7.74. The quantitative estimate of drug-likeness (QED) is 0.822. The van der Waals surface area contributed by atoms with Crippen LogP contribution in [0.4, 0.5) is 0 Å². The molecule has 0 aliphatic heterocycles. The lowest BCUT2D eigenvalue weighted by atomic mass is 10.3. The summed E-state index contributed by atoms with van der Waals surface area (Å²) in [6.45, 7) is 0.335. The highest BCUT2D eigenvalue weighted by atomic mass is 16.5. The molecule has 1 aromatic heterocycles. The topological polar surface area (TPSA) is 62.6 Å². The molecule has 1 radical (unpaired) electrons. The van der Waals surface area contributed by atoms with Gasteiger partial charge in [0.2, 0.25) is 0 Å². The van der Waals surface area contributed by atoms with Gasteiger partial charge < -0.3 is 14.9 Å². The normalized spacial score (nSPS) is 10.0. The van der Waals surface area contributed by atoms with Crippen LogP contribution in [0.2, 0.25) is 0 Å². The largest absolute Gasteiger partial charge is 0.508 e. The van der Waals surface area contributed by atoms with Crippen LogP contribution >= 0.6 is 0 Å². The summed E-state index contributed by atoms with van der Waals surface area (Å²) in [7, 11) is 0. The maximum absolute atomic E-state index is 9.22. The van der Waals surface area contributed by atoms with E-state index in [-0.39, 0.29) is 11.5 Å². The lowest BCUT2D eigenvalue weighted by molar-refractivity contribution is 0.301. The summed E-state index contributed by atoms with van der Waals surface area (Å²) in [6.07, 6.45) is 3.34. The van der Waals surface area contributed by atoms with Crippen LogP contribution in [0.15, 0.2) is 36.7 Å². The van der Waals surface area contributed by atoms with Crippen LogP contribution in [0.5, 0.6) is 17.2 Å². The third kappa shape index (κ3) is 2.63. The third-order valence-electron chi connectivity index (χ3n) is 1.96. The maximum Gasteiger partial charge on any atom is 0.135 e. The fourth-order valence-corrected chi connectivity index (χ4v) is 1.23. The molecule has 2 N–H and O–H groups in total. The molecule has 1 heterocycles.